The Morgan fingerprint density at radius 2 is 2.28 bits per heavy atom. The molecule has 3 aromatic rings. The zero-order chi connectivity index (χ0) is 18.0. The molecule has 0 aliphatic rings. The number of carbonyl (C=O) groups is 1. The Labute approximate surface area is 141 Å². The van der Waals surface area contributed by atoms with Crippen LogP contribution in [0.2, 0.25) is 0 Å². The lowest BCUT2D eigenvalue weighted by Crippen LogP contribution is -2.33. The van der Waals surface area contributed by atoms with Crippen molar-refractivity contribution in [3.05, 3.63) is 51.3 Å². The van der Waals surface area contributed by atoms with Gasteiger partial charge in [-0.25, -0.2) is 0 Å². The van der Waals surface area contributed by atoms with Crippen molar-refractivity contribution in [1.29, 1.82) is 0 Å². The van der Waals surface area contributed by atoms with Gasteiger partial charge in [-0.15, -0.1) is 10.2 Å². The molecule has 0 amide bonds. The number of H-pyrrole nitrogens is 1. The van der Waals surface area contributed by atoms with Gasteiger partial charge in [-0.05, 0) is 17.7 Å². The van der Waals surface area contributed by atoms with E-state index >= 15 is 0 Å². The van der Waals surface area contributed by atoms with Crippen LogP contribution < -0.4 is 11.3 Å². The Hall–Kier alpha value is -3.27. The van der Waals surface area contributed by atoms with Gasteiger partial charge in [-0.3, -0.25) is 9.59 Å². The number of nitrogens with one attached hydrogen (secondary N) is 1. The van der Waals surface area contributed by atoms with Gasteiger partial charge < -0.3 is 15.4 Å². The Kier molecular flexibility index (Phi) is 4.44. The molecule has 0 saturated heterocycles. The first-order valence-corrected chi connectivity index (χ1v) is 7.46. The number of rotatable bonds is 6. The molecule has 0 saturated carbocycles. The van der Waals surface area contributed by atoms with Gasteiger partial charge in [0, 0.05) is 6.42 Å². The molecule has 0 spiro atoms. The van der Waals surface area contributed by atoms with Gasteiger partial charge in [0.15, 0.2) is 0 Å². The van der Waals surface area contributed by atoms with E-state index in [1.807, 2.05) is 31.2 Å². The molecule has 25 heavy (non-hydrogen) atoms. The van der Waals surface area contributed by atoms with Crippen molar-refractivity contribution in [2.24, 2.45) is 5.73 Å². The number of nitrogens with two attached hydrogens (primary N) is 1. The van der Waals surface area contributed by atoms with E-state index in [4.69, 9.17) is 15.4 Å². The van der Waals surface area contributed by atoms with Crippen LogP contribution in [0.25, 0.3) is 11.6 Å². The summed E-state index contributed by atoms with van der Waals surface area (Å²) >= 11 is 0. The Bertz CT molecular complexity index is 957. The van der Waals surface area contributed by atoms with Crippen LogP contribution in [0, 0.1) is 6.92 Å². The van der Waals surface area contributed by atoms with Crippen molar-refractivity contribution in [2.45, 2.75) is 25.9 Å². The summed E-state index contributed by atoms with van der Waals surface area (Å²) in [5.74, 6) is -1.10. The topological polar surface area (TPSA) is 153 Å². The van der Waals surface area contributed by atoms with Crippen molar-refractivity contribution < 1.29 is 14.4 Å². The van der Waals surface area contributed by atoms with Crippen LogP contribution in [0.5, 0.6) is 0 Å². The molecule has 0 aliphatic carbocycles. The first-order valence-electron chi connectivity index (χ1n) is 7.46. The molecular formula is C15H16N6O4. The average molecular weight is 344 g/mol. The van der Waals surface area contributed by atoms with Crippen LogP contribution in [0.15, 0.2) is 33.6 Å². The Morgan fingerprint density at radius 1 is 1.48 bits per heavy atom. The standard InChI is InChI=1S/C15H16N6O4/c1-8-3-2-4-9(5-8)7-21-18-13(17-20-21)12-10(14(22)19-25-12)6-11(16)15(23)24/h2-5,11H,6-7,16H2,1H3,(H,19,22)(H,23,24)/t11-/m0/s1. The van der Waals surface area contributed by atoms with Gasteiger partial charge in [0.25, 0.3) is 5.56 Å². The van der Waals surface area contributed by atoms with Crippen molar-refractivity contribution in [1.82, 2.24) is 25.4 Å². The minimum Gasteiger partial charge on any atom is -0.480 e. The molecule has 130 valence electrons. The first kappa shape index (κ1) is 16.6. The summed E-state index contributed by atoms with van der Waals surface area (Å²) in [6, 6.07) is 6.61. The Morgan fingerprint density at radius 3 is 3.00 bits per heavy atom. The molecule has 1 atom stereocenters. The summed E-state index contributed by atoms with van der Waals surface area (Å²) in [4.78, 5) is 24.1. The molecule has 0 radical (unpaired) electrons. The molecule has 0 aliphatic heterocycles. The van der Waals surface area contributed by atoms with E-state index in [1.54, 1.807) is 0 Å². The van der Waals surface area contributed by atoms with Crippen molar-refractivity contribution in [2.75, 3.05) is 0 Å². The summed E-state index contributed by atoms with van der Waals surface area (Å²) in [7, 11) is 0. The number of carboxylic acid groups (broad SMARTS) is 1. The zero-order valence-electron chi connectivity index (χ0n) is 13.3. The highest BCUT2D eigenvalue weighted by atomic mass is 16.5. The number of hydrogen-bond acceptors (Lipinski definition) is 7. The highest BCUT2D eigenvalue weighted by Gasteiger charge is 2.24. The highest BCUT2D eigenvalue weighted by Crippen LogP contribution is 2.17. The fraction of sp³-hybridized carbons (Fsp3) is 0.267. The number of tetrazole rings is 1. The lowest BCUT2D eigenvalue weighted by atomic mass is 10.1. The van der Waals surface area contributed by atoms with Crippen LogP contribution in [0.1, 0.15) is 16.7 Å². The third-order valence-electron chi connectivity index (χ3n) is 3.60. The van der Waals surface area contributed by atoms with Crippen molar-refractivity contribution in [3.8, 4) is 11.6 Å². The van der Waals surface area contributed by atoms with Gasteiger partial charge in [-0.1, -0.05) is 29.8 Å². The number of aryl methyl sites for hydroxylation is 1. The average Bonchev–Trinajstić information content (AvgIpc) is 3.15. The lowest BCUT2D eigenvalue weighted by Gasteiger charge is -2.03. The molecule has 0 unspecified atom stereocenters. The lowest BCUT2D eigenvalue weighted by molar-refractivity contribution is -0.138. The third-order valence-corrected chi connectivity index (χ3v) is 3.60. The number of nitrogens with zero attached hydrogens (tertiary/aromatic N) is 4. The number of aromatic amines is 1. The van der Waals surface area contributed by atoms with E-state index in [1.165, 1.54) is 4.80 Å². The SMILES string of the molecule is Cc1cccc(Cn2nnc(-c3o[nH]c(=O)c3C[C@H](N)C(=O)O)n2)c1. The third kappa shape index (κ3) is 3.63. The maximum Gasteiger partial charge on any atom is 0.320 e. The second-order valence-electron chi connectivity index (χ2n) is 5.62. The van der Waals surface area contributed by atoms with Gasteiger partial charge >= 0.3 is 5.97 Å². The van der Waals surface area contributed by atoms with Crippen molar-refractivity contribution in [3.63, 3.8) is 0 Å². The molecule has 0 bridgehead atoms. The molecule has 4 N–H and O–H groups in total. The minimum atomic E-state index is -1.24. The largest absolute Gasteiger partial charge is 0.480 e. The van der Waals surface area contributed by atoms with E-state index in [0.717, 1.165) is 11.1 Å². The summed E-state index contributed by atoms with van der Waals surface area (Å²) < 4.78 is 5.08. The quantitative estimate of drug-likeness (QED) is 0.562. The van der Waals surface area contributed by atoms with Crippen LogP contribution in [0.4, 0.5) is 0 Å². The summed E-state index contributed by atoms with van der Waals surface area (Å²) in [5.41, 5.74) is 7.10. The first-order chi connectivity index (χ1) is 11.9. The second kappa shape index (κ2) is 6.69. The van der Waals surface area contributed by atoms with Gasteiger partial charge in [-0.2, -0.15) is 9.95 Å². The fourth-order valence-electron chi connectivity index (χ4n) is 2.37. The normalized spacial score (nSPS) is 12.2. The van der Waals surface area contributed by atoms with E-state index in [0.29, 0.717) is 6.54 Å². The molecule has 2 heterocycles. The predicted molar refractivity (Wildman–Crippen MR) is 85.7 cm³/mol. The molecule has 1 aromatic carbocycles. The predicted octanol–water partition coefficient (Wildman–Crippen LogP) is -0.0675. The minimum absolute atomic E-state index is 0.0391. The molecule has 10 heteroatoms. The van der Waals surface area contributed by atoms with Crippen LogP contribution in [-0.4, -0.2) is 42.5 Å². The smallest absolute Gasteiger partial charge is 0.320 e. The zero-order valence-corrected chi connectivity index (χ0v) is 13.3. The van der Waals surface area contributed by atoms with E-state index in [-0.39, 0.29) is 23.6 Å². The summed E-state index contributed by atoms with van der Waals surface area (Å²) in [5, 5.41) is 23.1. The van der Waals surface area contributed by atoms with Crippen LogP contribution >= 0.6 is 0 Å². The molecular weight excluding hydrogens is 328 g/mol. The van der Waals surface area contributed by atoms with Crippen LogP contribution in [-0.2, 0) is 17.8 Å². The molecule has 2 aromatic heterocycles. The summed E-state index contributed by atoms with van der Waals surface area (Å²) in [6.07, 6.45) is -0.205. The number of aliphatic carboxylic acids is 1. The Balaban J connectivity index is 1.85. The molecule has 0 fully saturated rings. The number of carboxylic acids is 1. The van der Waals surface area contributed by atoms with Crippen molar-refractivity contribution >= 4 is 5.97 Å². The summed E-state index contributed by atoms with van der Waals surface area (Å²) in [6.45, 7) is 2.38. The van der Waals surface area contributed by atoms with E-state index < -0.39 is 17.6 Å². The molecule has 3 rings (SSSR count). The highest BCUT2D eigenvalue weighted by molar-refractivity contribution is 5.74. The number of aromatic nitrogens is 5. The van der Waals surface area contributed by atoms with Crippen LogP contribution in [0.3, 0.4) is 0 Å². The number of hydrogen-bond donors (Lipinski definition) is 3. The van der Waals surface area contributed by atoms with E-state index in [2.05, 4.69) is 20.6 Å². The maximum absolute atomic E-state index is 11.8. The monoisotopic (exact) mass is 344 g/mol. The maximum atomic E-state index is 11.8. The molecule has 10 nitrogen and oxygen atoms in total. The fourth-order valence-corrected chi connectivity index (χ4v) is 2.37. The van der Waals surface area contributed by atoms with Gasteiger partial charge in [0.2, 0.25) is 11.6 Å². The number of benzene rings is 1. The van der Waals surface area contributed by atoms with Gasteiger partial charge in [0.05, 0.1) is 12.1 Å². The second-order valence-corrected chi connectivity index (χ2v) is 5.62. The van der Waals surface area contributed by atoms with E-state index in [9.17, 15) is 9.59 Å². The van der Waals surface area contributed by atoms with Gasteiger partial charge in [0.1, 0.15) is 6.04 Å².